The summed E-state index contributed by atoms with van der Waals surface area (Å²) in [6.45, 7) is 6.21. The molecule has 112 valence electrons. The molecule has 0 bridgehead atoms. The zero-order valence-electron chi connectivity index (χ0n) is 12.7. The Morgan fingerprint density at radius 1 is 1.38 bits per heavy atom. The van der Waals surface area contributed by atoms with Gasteiger partial charge in [0.2, 0.25) is 0 Å². The summed E-state index contributed by atoms with van der Waals surface area (Å²) in [5.41, 5.74) is 2.93. The van der Waals surface area contributed by atoms with Crippen molar-refractivity contribution in [3.05, 3.63) is 50.7 Å². The van der Waals surface area contributed by atoms with Crippen LogP contribution in [0, 0.1) is 19.7 Å². The van der Waals surface area contributed by atoms with Crippen molar-refractivity contribution in [1.82, 2.24) is 10.3 Å². The van der Waals surface area contributed by atoms with Crippen molar-refractivity contribution in [2.45, 2.75) is 52.1 Å². The van der Waals surface area contributed by atoms with Gasteiger partial charge < -0.3 is 5.32 Å². The zero-order chi connectivity index (χ0) is 15.0. The summed E-state index contributed by atoms with van der Waals surface area (Å²) in [7, 11) is 0. The van der Waals surface area contributed by atoms with Crippen LogP contribution in [0.25, 0.3) is 0 Å². The maximum absolute atomic E-state index is 14.3. The Bertz CT molecular complexity index is 646. The van der Waals surface area contributed by atoms with Gasteiger partial charge in [-0.05, 0) is 39.2 Å². The third-order valence-corrected chi connectivity index (χ3v) is 5.01. The molecule has 0 radical (unpaired) electrons. The van der Waals surface area contributed by atoms with Crippen molar-refractivity contribution in [1.29, 1.82) is 0 Å². The molecule has 1 heterocycles. The van der Waals surface area contributed by atoms with E-state index in [1.807, 2.05) is 19.1 Å². The van der Waals surface area contributed by atoms with Crippen LogP contribution in [0.5, 0.6) is 0 Å². The van der Waals surface area contributed by atoms with E-state index in [0.29, 0.717) is 6.04 Å². The Balaban J connectivity index is 2.01. The number of nitrogens with one attached hydrogen (secondary N) is 1. The van der Waals surface area contributed by atoms with Gasteiger partial charge in [-0.15, -0.1) is 11.3 Å². The molecule has 3 rings (SSSR count). The van der Waals surface area contributed by atoms with Crippen LogP contribution < -0.4 is 5.32 Å². The molecule has 1 aliphatic carbocycles. The molecule has 4 heteroatoms. The number of hydrogen-bond donors (Lipinski definition) is 1. The van der Waals surface area contributed by atoms with E-state index < -0.39 is 0 Å². The first-order valence-corrected chi connectivity index (χ1v) is 8.38. The molecular weight excluding hydrogens is 283 g/mol. The van der Waals surface area contributed by atoms with Crippen molar-refractivity contribution >= 4 is 11.3 Å². The van der Waals surface area contributed by atoms with Crippen LogP contribution in [0.4, 0.5) is 4.39 Å². The largest absolute Gasteiger partial charge is 0.301 e. The van der Waals surface area contributed by atoms with E-state index in [4.69, 9.17) is 4.98 Å². The first-order chi connectivity index (χ1) is 10.1. The second kappa shape index (κ2) is 5.85. The van der Waals surface area contributed by atoms with E-state index in [-0.39, 0.29) is 11.9 Å². The quantitative estimate of drug-likeness (QED) is 0.890. The van der Waals surface area contributed by atoms with Gasteiger partial charge in [0.1, 0.15) is 10.8 Å². The summed E-state index contributed by atoms with van der Waals surface area (Å²) in [6, 6.07) is 5.70. The Kier molecular flexibility index (Phi) is 4.09. The van der Waals surface area contributed by atoms with E-state index in [2.05, 4.69) is 19.2 Å². The lowest BCUT2D eigenvalue weighted by Gasteiger charge is -2.18. The van der Waals surface area contributed by atoms with Crippen LogP contribution in [0.2, 0.25) is 0 Å². The number of aryl methyl sites for hydroxylation is 3. The monoisotopic (exact) mass is 304 g/mol. The highest BCUT2D eigenvalue weighted by Gasteiger charge is 2.29. The topological polar surface area (TPSA) is 24.9 Å². The SMILES string of the molecule is CCc1nc(C(NC2CC2)c2cc(C)ccc2F)sc1C. The Labute approximate surface area is 129 Å². The van der Waals surface area contributed by atoms with E-state index in [1.54, 1.807) is 17.4 Å². The van der Waals surface area contributed by atoms with E-state index in [1.165, 1.54) is 17.7 Å². The van der Waals surface area contributed by atoms with Crippen molar-refractivity contribution < 1.29 is 4.39 Å². The highest BCUT2D eigenvalue weighted by molar-refractivity contribution is 7.11. The normalized spacial score (nSPS) is 16.2. The van der Waals surface area contributed by atoms with Gasteiger partial charge in [-0.2, -0.15) is 0 Å². The highest BCUT2D eigenvalue weighted by atomic mass is 32.1. The summed E-state index contributed by atoms with van der Waals surface area (Å²) in [6.07, 6.45) is 3.28. The predicted octanol–water partition coefficient (Wildman–Crippen LogP) is 4.30. The molecule has 2 aromatic rings. The highest BCUT2D eigenvalue weighted by Crippen LogP contribution is 2.33. The first kappa shape index (κ1) is 14.7. The summed E-state index contributed by atoms with van der Waals surface area (Å²) in [4.78, 5) is 5.98. The van der Waals surface area contributed by atoms with Gasteiger partial charge in [-0.1, -0.05) is 24.6 Å². The predicted molar refractivity (Wildman–Crippen MR) is 85.4 cm³/mol. The molecule has 1 aromatic carbocycles. The van der Waals surface area contributed by atoms with Crippen molar-refractivity contribution in [3.8, 4) is 0 Å². The van der Waals surface area contributed by atoms with Gasteiger partial charge >= 0.3 is 0 Å². The smallest absolute Gasteiger partial charge is 0.128 e. The molecule has 1 fully saturated rings. The van der Waals surface area contributed by atoms with Gasteiger partial charge in [0.15, 0.2) is 0 Å². The molecule has 21 heavy (non-hydrogen) atoms. The van der Waals surface area contributed by atoms with Gasteiger partial charge in [0.05, 0.1) is 11.7 Å². The molecule has 0 saturated heterocycles. The van der Waals surface area contributed by atoms with E-state index in [0.717, 1.165) is 28.2 Å². The molecule has 2 nitrogen and oxygen atoms in total. The van der Waals surface area contributed by atoms with Gasteiger partial charge in [0.25, 0.3) is 0 Å². The third-order valence-electron chi connectivity index (χ3n) is 3.93. The molecule has 1 aromatic heterocycles. The summed E-state index contributed by atoms with van der Waals surface area (Å²) >= 11 is 1.69. The van der Waals surface area contributed by atoms with Gasteiger partial charge in [0, 0.05) is 16.5 Å². The molecule has 1 N–H and O–H groups in total. The lowest BCUT2D eigenvalue weighted by atomic mass is 10.0. The zero-order valence-corrected chi connectivity index (χ0v) is 13.6. The van der Waals surface area contributed by atoms with Crippen LogP contribution in [0.1, 0.15) is 52.5 Å². The van der Waals surface area contributed by atoms with E-state index in [9.17, 15) is 4.39 Å². The number of hydrogen-bond acceptors (Lipinski definition) is 3. The van der Waals surface area contributed by atoms with Crippen molar-refractivity contribution in [2.24, 2.45) is 0 Å². The van der Waals surface area contributed by atoms with Crippen LogP contribution in [0.3, 0.4) is 0 Å². The average molecular weight is 304 g/mol. The lowest BCUT2D eigenvalue weighted by Crippen LogP contribution is -2.25. The molecule has 1 aliphatic rings. The first-order valence-electron chi connectivity index (χ1n) is 7.56. The summed E-state index contributed by atoms with van der Waals surface area (Å²) < 4.78 is 14.3. The Morgan fingerprint density at radius 2 is 2.14 bits per heavy atom. The molecule has 0 aliphatic heterocycles. The van der Waals surface area contributed by atoms with Gasteiger partial charge in [-0.3, -0.25) is 0 Å². The van der Waals surface area contributed by atoms with Crippen LogP contribution >= 0.6 is 11.3 Å². The van der Waals surface area contributed by atoms with Gasteiger partial charge in [-0.25, -0.2) is 9.37 Å². The average Bonchev–Trinajstić information content (AvgIpc) is 3.20. The minimum absolute atomic E-state index is 0.124. The van der Waals surface area contributed by atoms with Crippen LogP contribution in [-0.4, -0.2) is 11.0 Å². The molecular formula is C17H21FN2S. The maximum Gasteiger partial charge on any atom is 0.128 e. The summed E-state index contributed by atoms with van der Waals surface area (Å²) in [5.74, 6) is -0.148. The lowest BCUT2D eigenvalue weighted by molar-refractivity contribution is 0.543. The molecule has 0 spiro atoms. The minimum Gasteiger partial charge on any atom is -0.301 e. The molecule has 1 unspecified atom stereocenters. The minimum atomic E-state index is -0.148. The third kappa shape index (κ3) is 3.16. The fraction of sp³-hybridized carbons (Fsp3) is 0.471. The number of thiazole rings is 1. The Hall–Kier alpha value is -1.26. The molecule has 1 atom stereocenters. The standard InChI is InChI=1S/C17H21FN2S/c1-4-15-11(3)21-17(20-15)16(19-12-6-7-12)13-9-10(2)5-8-14(13)18/h5,8-9,12,16,19H,4,6-7H2,1-3H3. The number of benzene rings is 1. The second-order valence-corrected chi connectivity index (χ2v) is 7.04. The second-order valence-electron chi connectivity index (χ2n) is 5.81. The van der Waals surface area contributed by atoms with E-state index >= 15 is 0 Å². The van der Waals surface area contributed by atoms with Crippen LogP contribution in [-0.2, 0) is 6.42 Å². The van der Waals surface area contributed by atoms with Crippen molar-refractivity contribution in [2.75, 3.05) is 0 Å². The molecule has 1 saturated carbocycles. The van der Waals surface area contributed by atoms with Crippen LogP contribution in [0.15, 0.2) is 18.2 Å². The maximum atomic E-state index is 14.3. The Morgan fingerprint density at radius 3 is 2.76 bits per heavy atom. The summed E-state index contributed by atoms with van der Waals surface area (Å²) in [5, 5.41) is 4.55. The fourth-order valence-corrected chi connectivity index (χ4v) is 3.66. The molecule has 0 amide bonds. The fourth-order valence-electron chi connectivity index (χ4n) is 2.57. The number of rotatable bonds is 5. The number of nitrogens with zero attached hydrogens (tertiary/aromatic N) is 1. The number of halogens is 1. The number of aromatic nitrogens is 1. The van der Waals surface area contributed by atoms with Crippen molar-refractivity contribution in [3.63, 3.8) is 0 Å².